The lowest BCUT2D eigenvalue weighted by molar-refractivity contribution is 0.370. The minimum absolute atomic E-state index is 0.0777. The normalized spacial score (nSPS) is 9.75. The molecule has 0 fully saturated rings. The van der Waals surface area contributed by atoms with Gasteiger partial charge in [-0.05, 0) is 19.1 Å². The van der Waals surface area contributed by atoms with Crippen molar-refractivity contribution in [2.75, 3.05) is 6.54 Å². The zero-order chi connectivity index (χ0) is 8.97. The summed E-state index contributed by atoms with van der Waals surface area (Å²) >= 11 is 0. The molecule has 0 bridgehead atoms. The van der Waals surface area contributed by atoms with Gasteiger partial charge in [0.25, 0.3) is 0 Å². The molecule has 1 heterocycles. The largest absolute Gasteiger partial charge is 0.467 e. The molecule has 1 rings (SSSR count). The quantitative estimate of drug-likeness (QED) is 0.521. The molecule has 1 aromatic rings. The van der Waals surface area contributed by atoms with Gasteiger partial charge in [-0.2, -0.15) is 0 Å². The van der Waals surface area contributed by atoms with E-state index in [1.165, 1.54) is 0 Å². The summed E-state index contributed by atoms with van der Waals surface area (Å²) in [5.74, 6) is 0.904. The van der Waals surface area contributed by atoms with E-state index in [9.17, 15) is 0 Å². The van der Waals surface area contributed by atoms with Crippen molar-refractivity contribution < 1.29 is 4.42 Å². The summed E-state index contributed by atoms with van der Waals surface area (Å²) in [5.41, 5.74) is 5.33. The van der Waals surface area contributed by atoms with Gasteiger partial charge in [0.05, 0.1) is 12.8 Å². The Balaban J connectivity index is 2.54. The van der Waals surface area contributed by atoms with Crippen molar-refractivity contribution in [2.24, 2.45) is 5.73 Å². The molecule has 12 heavy (non-hydrogen) atoms. The van der Waals surface area contributed by atoms with Crippen LogP contribution in [0.25, 0.3) is 0 Å². The van der Waals surface area contributed by atoms with Crippen molar-refractivity contribution in [3.8, 4) is 0 Å². The summed E-state index contributed by atoms with van der Waals surface area (Å²) in [4.78, 5) is 1.72. The molecule has 0 aromatic carbocycles. The van der Waals surface area contributed by atoms with Gasteiger partial charge < -0.3 is 15.1 Å². The van der Waals surface area contributed by atoms with E-state index >= 15 is 0 Å². The molecule has 0 saturated carbocycles. The van der Waals surface area contributed by atoms with Gasteiger partial charge in [0.15, 0.2) is 5.96 Å². The molecule has 0 aliphatic heterocycles. The van der Waals surface area contributed by atoms with Crippen LogP contribution in [0.3, 0.4) is 0 Å². The van der Waals surface area contributed by atoms with Gasteiger partial charge >= 0.3 is 0 Å². The summed E-state index contributed by atoms with van der Waals surface area (Å²) in [6.45, 7) is 3.24. The van der Waals surface area contributed by atoms with Gasteiger partial charge in [-0.1, -0.05) is 0 Å². The molecule has 0 aliphatic rings. The zero-order valence-corrected chi connectivity index (χ0v) is 7.08. The van der Waals surface area contributed by atoms with Crippen LogP contribution in [0.4, 0.5) is 0 Å². The fourth-order valence-electron chi connectivity index (χ4n) is 0.958. The summed E-state index contributed by atoms with van der Waals surface area (Å²) in [7, 11) is 0. The molecule has 0 amide bonds. The van der Waals surface area contributed by atoms with Crippen LogP contribution in [0, 0.1) is 5.41 Å². The van der Waals surface area contributed by atoms with Crippen molar-refractivity contribution in [2.45, 2.75) is 13.5 Å². The number of nitrogens with zero attached hydrogens (tertiary/aromatic N) is 1. The van der Waals surface area contributed by atoms with E-state index in [1.807, 2.05) is 19.1 Å². The number of furan rings is 1. The number of nitrogens with one attached hydrogen (secondary N) is 1. The average Bonchev–Trinajstić information content (AvgIpc) is 2.51. The number of hydrogen-bond donors (Lipinski definition) is 2. The molecule has 1 aromatic heterocycles. The Labute approximate surface area is 71.5 Å². The highest BCUT2D eigenvalue weighted by atomic mass is 16.3. The molecule has 4 nitrogen and oxygen atoms in total. The van der Waals surface area contributed by atoms with Crippen molar-refractivity contribution in [1.29, 1.82) is 5.41 Å². The van der Waals surface area contributed by atoms with Crippen LogP contribution in [-0.4, -0.2) is 17.4 Å². The maximum Gasteiger partial charge on any atom is 0.188 e. The van der Waals surface area contributed by atoms with Crippen molar-refractivity contribution >= 4 is 5.96 Å². The third-order valence-corrected chi connectivity index (χ3v) is 1.65. The second-order valence-electron chi connectivity index (χ2n) is 2.48. The molecule has 66 valence electrons. The van der Waals surface area contributed by atoms with Crippen LogP contribution >= 0.6 is 0 Å². The maximum atomic E-state index is 7.22. The highest BCUT2D eigenvalue weighted by molar-refractivity contribution is 5.74. The Morgan fingerprint density at radius 1 is 1.75 bits per heavy atom. The predicted molar refractivity (Wildman–Crippen MR) is 46.7 cm³/mol. The highest BCUT2D eigenvalue weighted by Gasteiger charge is 2.05. The van der Waals surface area contributed by atoms with E-state index in [0.717, 1.165) is 12.3 Å². The van der Waals surface area contributed by atoms with Gasteiger partial charge in [-0.25, -0.2) is 0 Å². The van der Waals surface area contributed by atoms with Crippen LogP contribution in [-0.2, 0) is 6.54 Å². The van der Waals surface area contributed by atoms with Crippen LogP contribution in [0.2, 0.25) is 0 Å². The number of rotatable bonds is 3. The first-order chi connectivity index (χ1) is 5.74. The van der Waals surface area contributed by atoms with E-state index in [2.05, 4.69) is 0 Å². The van der Waals surface area contributed by atoms with Crippen LogP contribution in [0.15, 0.2) is 22.8 Å². The second-order valence-corrected chi connectivity index (χ2v) is 2.48. The van der Waals surface area contributed by atoms with Gasteiger partial charge in [-0.3, -0.25) is 5.41 Å². The van der Waals surface area contributed by atoms with E-state index in [4.69, 9.17) is 15.6 Å². The fraction of sp³-hybridized carbons (Fsp3) is 0.375. The van der Waals surface area contributed by atoms with Crippen LogP contribution in [0.1, 0.15) is 12.7 Å². The van der Waals surface area contributed by atoms with E-state index < -0.39 is 0 Å². The molecule has 0 atom stereocenters. The fourth-order valence-corrected chi connectivity index (χ4v) is 0.958. The Hall–Kier alpha value is -1.45. The van der Waals surface area contributed by atoms with E-state index in [-0.39, 0.29) is 5.96 Å². The van der Waals surface area contributed by atoms with Crippen molar-refractivity contribution in [3.63, 3.8) is 0 Å². The minimum atomic E-state index is 0.0777. The number of guanidine groups is 1. The van der Waals surface area contributed by atoms with Gasteiger partial charge in [-0.15, -0.1) is 0 Å². The molecule has 3 N–H and O–H groups in total. The minimum Gasteiger partial charge on any atom is -0.467 e. The second kappa shape index (κ2) is 3.80. The summed E-state index contributed by atoms with van der Waals surface area (Å²) in [6, 6.07) is 3.69. The third-order valence-electron chi connectivity index (χ3n) is 1.65. The lowest BCUT2D eigenvalue weighted by Crippen LogP contribution is -2.35. The standard InChI is InChI=1S/C8H13N3O/c1-2-11(8(9)10)6-7-4-3-5-12-7/h3-5H,2,6H2,1H3,(H3,9,10). The molecule has 0 unspecified atom stereocenters. The third kappa shape index (κ3) is 2.02. The molecular formula is C8H13N3O. The molecule has 0 radical (unpaired) electrons. The zero-order valence-electron chi connectivity index (χ0n) is 7.08. The monoisotopic (exact) mass is 167 g/mol. The molecule has 0 aliphatic carbocycles. The first kappa shape index (κ1) is 8.64. The Morgan fingerprint density at radius 3 is 2.92 bits per heavy atom. The summed E-state index contributed by atoms with van der Waals surface area (Å²) in [6.07, 6.45) is 1.61. The van der Waals surface area contributed by atoms with E-state index in [0.29, 0.717) is 6.54 Å². The number of hydrogen-bond acceptors (Lipinski definition) is 2. The number of nitrogens with two attached hydrogens (primary N) is 1. The lowest BCUT2D eigenvalue weighted by Gasteiger charge is -2.18. The average molecular weight is 167 g/mol. The van der Waals surface area contributed by atoms with Gasteiger partial charge in [0.1, 0.15) is 5.76 Å². The first-order valence-corrected chi connectivity index (χ1v) is 3.85. The Bertz CT molecular complexity index is 243. The summed E-state index contributed by atoms with van der Waals surface area (Å²) < 4.78 is 5.12. The van der Waals surface area contributed by atoms with Crippen LogP contribution < -0.4 is 5.73 Å². The molecule has 0 spiro atoms. The first-order valence-electron chi connectivity index (χ1n) is 3.85. The van der Waals surface area contributed by atoms with Crippen molar-refractivity contribution in [3.05, 3.63) is 24.2 Å². The van der Waals surface area contributed by atoms with Crippen molar-refractivity contribution in [1.82, 2.24) is 4.90 Å². The SMILES string of the molecule is CCN(Cc1ccco1)C(=N)N. The maximum absolute atomic E-state index is 7.22. The molecular weight excluding hydrogens is 154 g/mol. The topological polar surface area (TPSA) is 66.2 Å². The lowest BCUT2D eigenvalue weighted by atomic mass is 10.4. The van der Waals surface area contributed by atoms with Gasteiger partial charge in [0, 0.05) is 6.54 Å². The Kier molecular flexibility index (Phi) is 2.74. The van der Waals surface area contributed by atoms with Gasteiger partial charge in [0.2, 0.25) is 0 Å². The summed E-state index contributed by atoms with van der Waals surface area (Å²) in [5, 5.41) is 7.22. The predicted octanol–water partition coefficient (Wildman–Crippen LogP) is 0.995. The van der Waals surface area contributed by atoms with E-state index in [1.54, 1.807) is 11.2 Å². The molecule has 0 saturated heterocycles. The Morgan fingerprint density at radius 2 is 2.50 bits per heavy atom. The highest BCUT2D eigenvalue weighted by Crippen LogP contribution is 2.03. The molecule has 4 heteroatoms. The smallest absolute Gasteiger partial charge is 0.188 e. The van der Waals surface area contributed by atoms with Crippen LogP contribution in [0.5, 0.6) is 0 Å².